The van der Waals surface area contributed by atoms with Crippen molar-refractivity contribution in [3.63, 3.8) is 0 Å². The van der Waals surface area contributed by atoms with Crippen LogP contribution in [0.1, 0.15) is 23.7 Å². The largest absolute Gasteiger partial charge is 0.211 e. The summed E-state index contributed by atoms with van der Waals surface area (Å²) in [6, 6.07) is 18.3. The van der Waals surface area contributed by atoms with Gasteiger partial charge in [-0.05, 0) is 31.0 Å². The Hall–Kier alpha value is -2.93. The average Bonchev–Trinajstić information content (AvgIpc) is 2.99. The lowest BCUT2D eigenvalue weighted by Gasteiger charge is -2.08. The number of hydrogen-bond acceptors (Lipinski definition) is 3. The van der Waals surface area contributed by atoms with Crippen LogP contribution in [0, 0.1) is 18.3 Å². The third kappa shape index (κ3) is 2.49. The van der Waals surface area contributed by atoms with E-state index in [9.17, 15) is 5.26 Å². The predicted octanol–water partition coefficient (Wildman–Crippen LogP) is 3.68. The molecule has 2 aromatic carbocycles. The highest BCUT2D eigenvalue weighted by Crippen LogP contribution is 2.25. The average molecular weight is 288 g/mol. The molecular formula is C18H16N4. The molecule has 0 aliphatic rings. The quantitative estimate of drug-likeness (QED) is 0.738. The van der Waals surface area contributed by atoms with Crippen molar-refractivity contribution in [2.45, 2.75) is 20.3 Å². The van der Waals surface area contributed by atoms with Crippen LogP contribution in [0.4, 0.5) is 0 Å². The number of aromatic nitrogens is 3. The fourth-order valence-corrected chi connectivity index (χ4v) is 2.38. The van der Waals surface area contributed by atoms with E-state index < -0.39 is 0 Å². The van der Waals surface area contributed by atoms with E-state index >= 15 is 0 Å². The summed E-state index contributed by atoms with van der Waals surface area (Å²) in [5.74, 6) is 0. The standard InChI is InChI=1S/C18H16N4/c1-3-14-6-10-16(11-7-14)22-18(17(12-19)20-21-22)15-8-4-13(2)5-9-15/h4-11H,3H2,1-2H3. The molecule has 0 saturated carbocycles. The second-order valence-electron chi connectivity index (χ2n) is 5.20. The maximum Gasteiger partial charge on any atom is 0.191 e. The summed E-state index contributed by atoms with van der Waals surface area (Å²) in [5.41, 5.74) is 5.35. The van der Waals surface area contributed by atoms with Crippen molar-refractivity contribution in [1.82, 2.24) is 15.0 Å². The lowest BCUT2D eigenvalue weighted by molar-refractivity contribution is 0.806. The number of benzene rings is 2. The van der Waals surface area contributed by atoms with Crippen LogP contribution in [0.15, 0.2) is 48.5 Å². The molecule has 22 heavy (non-hydrogen) atoms. The number of nitriles is 1. The van der Waals surface area contributed by atoms with Crippen molar-refractivity contribution in [1.29, 1.82) is 5.26 Å². The minimum Gasteiger partial charge on any atom is -0.211 e. The molecule has 0 bridgehead atoms. The van der Waals surface area contributed by atoms with Gasteiger partial charge in [-0.2, -0.15) is 5.26 Å². The van der Waals surface area contributed by atoms with Crippen LogP contribution in [0.5, 0.6) is 0 Å². The second-order valence-corrected chi connectivity index (χ2v) is 5.20. The van der Waals surface area contributed by atoms with Crippen molar-refractivity contribution in [2.75, 3.05) is 0 Å². The van der Waals surface area contributed by atoms with Gasteiger partial charge in [0.1, 0.15) is 11.8 Å². The topological polar surface area (TPSA) is 54.5 Å². The molecule has 0 N–H and O–H groups in total. The molecule has 4 nitrogen and oxygen atoms in total. The Bertz CT molecular complexity index is 821. The Labute approximate surface area is 129 Å². The van der Waals surface area contributed by atoms with Crippen LogP contribution in [-0.4, -0.2) is 15.0 Å². The molecule has 1 aromatic heterocycles. The van der Waals surface area contributed by atoms with Crippen molar-refractivity contribution < 1.29 is 0 Å². The summed E-state index contributed by atoms with van der Waals surface area (Å²) >= 11 is 0. The first-order valence-electron chi connectivity index (χ1n) is 7.25. The van der Waals surface area contributed by atoms with Gasteiger partial charge < -0.3 is 0 Å². The van der Waals surface area contributed by atoms with E-state index in [1.807, 2.05) is 43.3 Å². The molecule has 108 valence electrons. The Morgan fingerprint density at radius 1 is 1.05 bits per heavy atom. The van der Waals surface area contributed by atoms with Crippen molar-refractivity contribution >= 4 is 0 Å². The molecule has 0 radical (unpaired) electrons. The highest BCUT2D eigenvalue weighted by atomic mass is 15.4. The van der Waals surface area contributed by atoms with Gasteiger partial charge in [0.25, 0.3) is 0 Å². The Morgan fingerprint density at radius 3 is 2.32 bits per heavy atom. The molecule has 0 atom stereocenters. The van der Waals surface area contributed by atoms with Gasteiger partial charge in [0.15, 0.2) is 5.69 Å². The molecule has 0 amide bonds. The first kappa shape index (κ1) is 14.0. The molecule has 0 spiro atoms. The molecule has 0 fully saturated rings. The highest BCUT2D eigenvalue weighted by molar-refractivity contribution is 5.67. The first-order valence-corrected chi connectivity index (χ1v) is 7.25. The van der Waals surface area contributed by atoms with Crippen molar-refractivity contribution in [2.24, 2.45) is 0 Å². The van der Waals surface area contributed by atoms with Gasteiger partial charge in [0, 0.05) is 5.56 Å². The second kappa shape index (κ2) is 5.82. The number of hydrogen-bond donors (Lipinski definition) is 0. The molecule has 0 aliphatic heterocycles. The zero-order valence-electron chi connectivity index (χ0n) is 12.6. The van der Waals surface area contributed by atoms with E-state index in [0.29, 0.717) is 5.69 Å². The molecule has 0 unspecified atom stereocenters. The van der Waals surface area contributed by atoms with E-state index in [4.69, 9.17) is 0 Å². The lowest BCUT2D eigenvalue weighted by Crippen LogP contribution is -2.00. The number of nitrogens with zero attached hydrogens (tertiary/aromatic N) is 4. The van der Waals surface area contributed by atoms with E-state index in [1.165, 1.54) is 11.1 Å². The monoisotopic (exact) mass is 288 g/mol. The van der Waals surface area contributed by atoms with E-state index in [1.54, 1.807) is 4.68 Å². The first-order chi connectivity index (χ1) is 10.7. The molecule has 0 aliphatic carbocycles. The highest BCUT2D eigenvalue weighted by Gasteiger charge is 2.15. The summed E-state index contributed by atoms with van der Waals surface area (Å²) in [7, 11) is 0. The summed E-state index contributed by atoms with van der Waals surface area (Å²) in [5, 5.41) is 17.5. The van der Waals surface area contributed by atoms with Gasteiger partial charge in [0.05, 0.1) is 5.69 Å². The van der Waals surface area contributed by atoms with E-state index in [2.05, 4.69) is 35.4 Å². The fourth-order valence-electron chi connectivity index (χ4n) is 2.38. The number of rotatable bonds is 3. The summed E-state index contributed by atoms with van der Waals surface area (Å²) in [4.78, 5) is 0. The zero-order valence-corrected chi connectivity index (χ0v) is 12.6. The minimum atomic E-state index is 0.337. The van der Waals surface area contributed by atoms with Crippen molar-refractivity contribution in [3.05, 3.63) is 65.4 Å². The van der Waals surface area contributed by atoms with Crippen molar-refractivity contribution in [3.8, 4) is 23.0 Å². The van der Waals surface area contributed by atoms with E-state index in [-0.39, 0.29) is 0 Å². The summed E-state index contributed by atoms with van der Waals surface area (Å²) in [6.07, 6.45) is 0.992. The zero-order chi connectivity index (χ0) is 15.5. The van der Waals surface area contributed by atoms with Gasteiger partial charge in [0.2, 0.25) is 0 Å². The number of aryl methyl sites for hydroxylation is 2. The fraction of sp³-hybridized carbons (Fsp3) is 0.167. The summed E-state index contributed by atoms with van der Waals surface area (Å²) < 4.78 is 1.72. The van der Waals surface area contributed by atoms with Gasteiger partial charge in [-0.1, -0.05) is 54.1 Å². The molecular weight excluding hydrogens is 272 g/mol. The maximum atomic E-state index is 9.31. The lowest BCUT2D eigenvalue weighted by atomic mass is 10.1. The third-order valence-corrected chi connectivity index (χ3v) is 3.69. The van der Waals surface area contributed by atoms with Gasteiger partial charge in [-0.25, -0.2) is 4.68 Å². The molecule has 4 heteroatoms. The van der Waals surface area contributed by atoms with Gasteiger partial charge in [-0.3, -0.25) is 0 Å². The summed E-state index contributed by atoms with van der Waals surface area (Å²) in [6.45, 7) is 4.16. The van der Waals surface area contributed by atoms with Crippen LogP contribution < -0.4 is 0 Å². The van der Waals surface area contributed by atoms with Crippen LogP contribution in [-0.2, 0) is 6.42 Å². The van der Waals surface area contributed by atoms with Crippen LogP contribution in [0.2, 0.25) is 0 Å². The van der Waals surface area contributed by atoms with Gasteiger partial charge in [-0.15, -0.1) is 5.10 Å². The maximum absolute atomic E-state index is 9.31. The third-order valence-electron chi connectivity index (χ3n) is 3.69. The molecule has 3 aromatic rings. The normalized spacial score (nSPS) is 10.4. The van der Waals surface area contributed by atoms with Gasteiger partial charge >= 0.3 is 0 Å². The Kier molecular flexibility index (Phi) is 3.71. The van der Waals surface area contributed by atoms with Crippen LogP contribution in [0.25, 0.3) is 16.9 Å². The van der Waals surface area contributed by atoms with Crippen LogP contribution in [0.3, 0.4) is 0 Å². The Morgan fingerprint density at radius 2 is 1.73 bits per heavy atom. The Balaban J connectivity index is 2.14. The smallest absolute Gasteiger partial charge is 0.191 e. The SMILES string of the molecule is CCc1ccc(-n2nnc(C#N)c2-c2ccc(C)cc2)cc1. The molecule has 0 saturated heterocycles. The molecule has 1 heterocycles. The molecule has 3 rings (SSSR count). The van der Waals surface area contributed by atoms with Crippen LogP contribution >= 0.6 is 0 Å². The predicted molar refractivity (Wildman–Crippen MR) is 85.6 cm³/mol. The minimum absolute atomic E-state index is 0.337. The van der Waals surface area contributed by atoms with E-state index in [0.717, 1.165) is 23.4 Å².